The molecule has 0 fully saturated rings. The first-order valence-electron chi connectivity index (χ1n) is 10.4. The summed E-state index contributed by atoms with van der Waals surface area (Å²) in [5.41, 5.74) is 9.96. The van der Waals surface area contributed by atoms with E-state index in [9.17, 15) is 14.7 Å². The highest BCUT2D eigenvalue weighted by molar-refractivity contribution is 6.08. The van der Waals surface area contributed by atoms with Gasteiger partial charge in [-0.2, -0.15) is 0 Å². The van der Waals surface area contributed by atoms with E-state index < -0.39 is 12.0 Å². The Labute approximate surface area is 190 Å². The van der Waals surface area contributed by atoms with E-state index in [2.05, 4.69) is 20.9 Å². The monoisotopic (exact) mass is 453 g/mol. The van der Waals surface area contributed by atoms with Crippen molar-refractivity contribution in [3.05, 3.63) is 53.2 Å². The van der Waals surface area contributed by atoms with Gasteiger partial charge in [-0.25, -0.2) is 4.79 Å². The molecule has 0 aliphatic rings. The van der Waals surface area contributed by atoms with Gasteiger partial charge in [0.1, 0.15) is 5.75 Å². The minimum Gasteiger partial charge on any atom is -0.495 e. The third-order valence-corrected chi connectivity index (χ3v) is 5.23. The van der Waals surface area contributed by atoms with Crippen LogP contribution < -0.4 is 26.4 Å². The van der Waals surface area contributed by atoms with Crippen molar-refractivity contribution in [2.45, 2.75) is 20.0 Å². The molecule has 1 aromatic heterocycles. The highest BCUT2D eigenvalue weighted by Crippen LogP contribution is 2.37. The Hall–Kier alpha value is -4.05. The Kier molecular flexibility index (Phi) is 7.52. The van der Waals surface area contributed by atoms with Gasteiger partial charge in [0.2, 0.25) is 0 Å². The molecule has 2 aromatic carbocycles. The summed E-state index contributed by atoms with van der Waals surface area (Å²) in [6.07, 6.45) is 0.976. The lowest BCUT2D eigenvalue weighted by atomic mass is 10.0. The second-order valence-electron chi connectivity index (χ2n) is 7.22. The number of carboxylic acid groups (broad SMARTS) is 1. The Morgan fingerprint density at radius 2 is 1.97 bits per heavy atom. The molecule has 7 N–H and O–H groups in total. The van der Waals surface area contributed by atoms with Crippen molar-refractivity contribution < 1.29 is 24.5 Å². The molecule has 2 amide bonds. The number of anilines is 3. The SMILES string of the molecule is CCc1c(CO)cccc1Nc1c(C(N)=O)cnc2cc(OC)c(NCCNC(=O)O)cc12. The van der Waals surface area contributed by atoms with Crippen molar-refractivity contribution in [1.29, 1.82) is 0 Å². The topological polar surface area (TPSA) is 159 Å². The number of benzene rings is 2. The highest BCUT2D eigenvalue weighted by Gasteiger charge is 2.18. The van der Waals surface area contributed by atoms with Gasteiger partial charge in [0, 0.05) is 36.4 Å². The standard InChI is InChI=1S/C23H27N5O5/c1-3-14-13(12-29)5-4-6-17(14)28-21-15-9-19(25-7-8-26-23(31)32)20(33-2)10-18(15)27-11-16(21)22(24)30/h4-6,9-11,25-26,29H,3,7-8,12H2,1-2H3,(H2,24,30)(H,27,28)(H,31,32). The Morgan fingerprint density at radius 1 is 1.18 bits per heavy atom. The van der Waals surface area contributed by atoms with E-state index in [1.807, 2.05) is 25.1 Å². The van der Waals surface area contributed by atoms with Crippen molar-refractivity contribution in [3.8, 4) is 5.75 Å². The molecule has 3 rings (SSSR count). The number of nitrogens with two attached hydrogens (primary N) is 1. The van der Waals surface area contributed by atoms with Crippen molar-refractivity contribution in [1.82, 2.24) is 10.3 Å². The molecule has 0 unspecified atom stereocenters. The van der Waals surface area contributed by atoms with Gasteiger partial charge in [-0.15, -0.1) is 0 Å². The molecule has 0 radical (unpaired) electrons. The summed E-state index contributed by atoms with van der Waals surface area (Å²) in [6, 6.07) is 9.05. The molecule has 174 valence electrons. The van der Waals surface area contributed by atoms with Crippen LogP contribution in [0.15, 0.2) is 36.5 Å². The lowest BCUT2D eigenvalue weighted by Crippen LogP contribution is -2.27. The lowest BCUT2D eigenvalue weighted by Gasteiger charge is -2.19. The van der Waals surface area contributed by atoms with Crippen LogP contribution >= 0.6 is 0 Å². The Morgan fingerprint density at radius 3 is 2.61 bits per heavy atom. The predicted octanol–water partition coefficient (Wildman–Crippen LogP) is 2.82. The number of fused-ring (bicyclic) bond motifs is 1. The van der Waals surface area contributed by atoms with Gasteiger partial charge >= 0.3 is 6.09 Å². The van der Waals surface area contributed by atoms with E-state index in [0.717, 1.165) is 16.8 Å². The quantitative estimate of drug-likeness (QED) is 0.256. The van der Waals surface area contributed by atoms with Crippen molar-refractivity contribution in [2.24, 2.45) is 5.73 Å². The first-order valence-corrected chi connectivity index (χ1v) is 10.4. The van der Waals surface area contributed by atoms with Gasteiger partial charge in [0.05, 0.1) is 36.2 Å². The van der Waals surface area contributed by atoms with E-state index in [-0.39, 0.29) is 18.7 Å². The fourth-order valence-corrected chi connectivity index (χ4v) is 3.67. The molecule has 0 aliphatic carbocycles. The largest absolute Gasteiger partial charge is 0.495 e. The number of rotatable bonds is 10. The number of carbonyl (C=O) groups excluding carboxylic acids is 1. The van der Waals surface area contributed by atoms with Gasteiger partial charge < -0.3 is 36.6 Å². The van der Waals surface area contributed by atoms with Crippen LogP contribution in [0.3, 0.4) is 0 Å². The summed E-state index contributed by atoms with van der Waals surface area (Å²) in [5.74, 6) is -0.126. The molecule has 1 heterocycles. The average Bonchev–Trinajstić information content (AvgIpc) is 2.80. The van der Waals surface area contributed by atoms with Crippen LogP contribution in [-0.2, 0) is 13.0 Å². The molecule has 10 nitrogen and oxygen atoms in total. The first kappa shape index (κ1) is 23.6. The minimum atomic E-state index is -1.11. The molecule has 0 aliphatic heterocycles. The van der Waals surface area contributed by atoms with E-state index in [4.69, 9.17) is 15.6 Å². The third-order valence-electron chi connectivity index (χ3n) is 5.23. The zero-order valence-electron chi connectivity index (χ0n) is 18.4. The van der Waals surface area contributed by atoms with Crippen LogP contribution in [0.1, 0.15) is 28.4 Å². The molecule has 33 heavy (non-hydrogen) atoms. The van der Waals surface area contributed by atoms with Gasteiger partial charge in [-0.3, -0.25) is 9.78 Å². The van der Waals surface area contributed by atoms with Crippen LogP contribution in [0.25, 0.3) is 10.9 Å². The second-order valence-corrected chi connectivity index (χ2v) is 7.22. The van der Waals surface area contributed by atoms with E-state index in [0.29, 0.717) is 41.0 Å². The molecule has 0 saturated heterocycles. The molecule has 3 aromatic rings. The van der Waals surface area contributed by atoms with Crippen LogP contribution in [-0.4, -0.2) is 47.4 Å². The maximum Gasteiger partial charge on any atom is 0.404 e. The number of nitrogens with one attached hydrogen (secondary N) is 3. The summed E-state index contributed by atoms with van der Waals surface area (Å²) in [5, 5.41) is 27.8. The van der Waals surface area contributed by atoms with Crippen LogP contribution in [0.2, 0.25) is 0 Å². The number of aliphatic hydroxyl groups excluding tert-OH is 1. The number of hydrogen-bond acceptors (Lipinski definition) is 7. The van der Waals surface area contributed by atoms with Crippen LogP contribution in [0, 0.1) is 0 Å². The fraction of sp³-hybridized carbons (Fsp3) is 0.261. The number of aromatic nitrogens is 1. The Balaban J connectivity index is 2.12. The fourth-order valence-electron chi connectivity index (χ4n) is 3.67. The molecule has 0 atom stereocenters. The second kappa shape index (κ2) is 10.5. The van der Waals surface area contributed by atoms with Crippen molar-refractivity contribution >= 4 is 40.0 Å². The molecule has 0 saturated carbocycles. The number of carbonyl (C=O) groups is 2. The van der Waals surface area contributed by atoms with Crippen molar-refractivity contribution in [3.63, 3.8) is 0 Å². The molecule has 0 bridgehead atoms. The van der Waals surface area contributed by atoms with Gasteiger partial charge in [-0.05, 0) is 29.7 Å². The average molecular weight is 453 g/mol. The number of ether oxygens (including phenoxy) is 1. The summed E-state index contributed by atoms with van der Waals surface area (Å²) in [7, 11) is 1.52. The highest BCUT2D eigenvalue weighted by atomic mass is 16.5. The number of pyridine rings is 1. The van der Waals surface area contributed by atoms with Crippen LogP contribution in [0.5, 0.6) is 5.75 Å². The number of methoxy groups -OCH3 is 1. The minimum absolute atomic E-state index is 0.103. The normalized spacial score (nSPS) is 10.6. The van der Waals surface area contributed by atoms with E-state index in [1.165, 1.54) is 13.3 Å². The summed E-state index contributed by atoms with van der Waals surface area (Å²) >= 11 is 0. The summed E-state index contributed by atoms with van der Waals surface area (Å²) in [4.78, 5) is 27.3. The summed E-state index contributed by atoms with van der Waals surface area (Å²) in [6.45, 7) is 2.39. The lowest BCUT2D eigenvalue weighted by molar-refractivity contribution is 0.100. The van der Waals surface area contributed by atoms with E-state index in [1.54, 1.807) is 12.1 Å². The maximum absolute atomic E-state index is 12.2. The number of nitrogens with zero attached hydrogens (tertiary/aromatic N) is 1. The zero-order chi connectivity index (χ0) is 24.0. The number of aliphatic hydroxyl groups is 1. The number of primary amides is 1. The van der Waals surface area contributed by atoms with Gasteiger partial charge in [-0.1, -0.05) is 19.1 Å². The summed E-state index contributed by atoms with van der Waals surface area (Å²) < 4.78 is 5.46. The van der Waals surface area contributed by atoms with Crippen molar-refractivity contribution in [2.75, 3.05) is 30.8 Å². The maximum atomic E-state index is 12.2. The predicted molar refractivity (Wildman–Crippen MR) is 126 cm³/mol. The number of hydrogen-bond donors (Lipinski definition) is 6. The molecule has 10 heteroatoms. The van der Waals surface area contributed by atoms with Crippen LogP contribution in [0.4, 0.5) is 21.9 Å². The zero-order valence-corrected chi connectivity index (χ0v) is 18.4. The van der Waals surface area contributed by atoms with E-state index >= 15 is 0 Å². The van der Waals surface area contributed by atoms with Gasteiger partial charge in [0.15, 0.2) is 0 Å². The molecular formula is C23H27N5O5. The molecular weight excluding hydrogens is 426 g/mol. The van der Waals surface area contributed by atoms with Gasteiger partial charge in [0.25, 0.3) is 5.91 Å². The first-order chi connectivity index (χ1) is 15.9. The number of amides is 2. The third kappa shape index (κ3) is 5.24. The Bertz CT molecular complexity index is 1180. The smallest absolute Gasteiger partial charge is 0.404 e. The molecule has 0 spiro atoms.